The van der Waals surface area contributed by atoms with E-state index in [1.165, 1.54) is 39.0 Å². The Morgan fingerprint density at radius 3 is 1.52 bits per heavy atom. The Labute approximate surface area is 145 Å². The SMILES string of the molecule is CC(C)(C)CN1CCOCC1.CC1CCN(CC(C)(C)C)CC1. The van der Waals surface area contributed by atoms with Crippen LogP contribution in [-0.2, 0) is 4.74 Å². The average Bonchev–Trinajstić information content (AvgIpc) is 2.40. The maximum atomic E-state index is 5.27. The predicted molar refractivity (Wildman–Crippen MR) is 101 cm³/mol. The summed E-state index contributed by atoms with van der Waals surface area (Å²) in [6.45, 7) is 25.3. The van der Waals surface area contributed by atoms with Gasteiger partial charge < -0.3 is 9.64 Å². The van der Waals surface area contributed by atoms with Crippen LogP contribution in [0.2, 0.25) is 0 Å². The third kappa shape index (κ3) is 11.1. The van der Waals surface area contributed by atoms with Gasteiger partial charge in [0.15, 0.2) is 0 Å². The van der Waals surface area contributed by atoms with Crippen molar-refractivity contribution in [1.29, 1.82) is 0 Å². The minimum absolute atomic E-state index is 0.428. The van der Waals surface area contributed by atoms with E-state index >= 15 is 0 Å². The Bertz CT molecular complexity index is 303. The number of rotatable bonds is 2. The van der Waals surface area contributed by atoms with Crippen molar-refractivity contribution in [3.05, 3.63) is 0 Å². The van der Waals surface area contributed by atoms with Crippen molar-refractivity contribution >= 4 is 0 Å². The van der Waals surface area contributed by atoms with Crippen molar-refractivity contribution in [1.82, 2.24) is 9.80 Å². The molecule has 0 saturated carbocycles. The fourth-order valence-electron chi connectivity index (χ4n) is 3.32. The molecule has 2 aliphatic heterocycles. The smallest absolute Gasteiger partial charge is 0.0594 e. The summed E-state index contributed by atoms with van der Waals surface area (Å²) in [5, 5.41) is 0. The molecule has 23 heavy (non-hydrogen) atoms. The zero-order valence-electron chi connectivity index (χ0n) is 17.0. The van der Waals surface area contributed by atoms with Crippen LogP contribution in [0, 0.1) is 16.7 Å². The zero-order valence-corrected chi connectivity index (χ0v) is 17.0. The molecule has 0 radical (unpaired) electrons. The third-order valence-corrected chi connectivity index (χ3v) is 4.38. The topological polar surface area (TPSA) is 15.7 Å². The van der Waals surface area contributed by atoms with Crippen LogP contribution in [0.15, 0.2) is 0 Å². The molecule has 0 aromatic rings. The number of hydrogen-bond donors (Lipinski definition) is 0. The molecule has 0 unspecified atom stereocenters. The van der Waals surface area contributed by atoms with Crippen molar-refractivity contribution in [2.75, 3.05) is 52.5 Å². The van der Waals surface area contributed by atoms with E-state index in [0.29, 0.717) is 10.8 Å². The van der Waals surface area contributed by atoms with Crippen LogP contribution in [-0.4, -0.2) is 62.3 Å². The van der Waals surface area contributed by atoms with Crippen LogP contribution < -0.4 is 0 Å². The summed E-state index contributed by atoms with van der Waals surface area (Å²) in [6, 6.07) is 0. The van der Waals surface area contributed by atoms with Gasteiger partial charge in [0.05, 0.1) is 13.2 Å². The molecule has 2 heterocycles. The van der Waals surface area contributed by atoms with Crippen LogP contribution in [0.1, 0.15) is 61.3 Å². The molecule has 0 aliphatic carbocycles. The molecule has 2 fully saturated rings. The normalized spacial score (nSPS) is 22.6. The standard InChI is InChI=1S/C11H23N.C9H19NO/c1-10-5-7-12(8-6-10)9-11(2,3)4;1-9(2,3)8-10-4-6-11-7-5-10/h10H,5-9H2,1-4H3;4-8H2,1-3H3. The van der Waals surface area contributed by atoms with Crippen LogP contribution in [0.25, 0.3) is 0 Å². The number of hydrogen-bond acceptors (Lipinski definition) is 3. The van der Waals surface area contributed by atoms with Crippen LogP contribution in [0.5, 0.6) is 0 Å². The zero-order chi connectivity index (χ0) is 17.5. The highest BCUT2D eigenvalue weighted by atomic mass is 16.5. The summed E-state index contributed by atoms with van der Waals surface area (Å²) < 4.78 is 5.27. The van der Waals surface area contributed by atoms with E-state index in [2.05, 4.69) is 58.3 Å². The first-order valence-corrected chi connectivity index (χ1v) is 9.58. The molecule has 3 heteroatoms. The fourth-order valence-corrected chi connectivity index (χ4v) is 3.32. The van der Waals surface area contributed by atoms with E-state index in [4.69, 9.17) is 4.74 Å². The van der Waals surface area contributed by atoms with Crippen molar-refractivity contribution < 1.29 is 4.74 Å². The van der Waals surface area contributed by atoms with Gasteiger partial charge >= 0.3 is 0 Å². The predicted octanol–water partition coefficient (Wildman–Crippen LogP) is 4.13. The first-order valence-electron chi connectivity index (χ1n) is 9.58. The molecule has 0 aromatic heterocycles. The lowest BCUT2D eigenvalue weighted by molar-refractivity contribution is 0.0236. The minimum Gasteiger partial charge on any atom is -0.379 e. The molecule has 2 aliphatic rings. The Hall–Kier alpha value is -0.120. The number of morpholine rings is 1. The number of nitrogens with zero attached hydrogens (tertiary/aromatic N) is 2. The summed E-state index contributed by atoms with van der Waals surface area (Å²) in [4.78, 5) is 5.09. The number of ether oxygens (including phenoxy) is 1. The molecule has 0 N–H and O–H groups in total. The average molecular weight is 327 g/mol. The van der Waals surface area contributed by atoms with Crippen molar-refractivity contribution in [2.45, 2.75) is 61.3 Å². The van der Waals surface area contributed by atoms with Gasteiger partial charge in [0.1, 0.15) is 0 Å². The lowest BCUT2D eigenvalue weighted by Gasteiger charge is -2.34. The molecule has 0 bridgehead atoms. The van der Waals surface area contributed by atoms with Crippen LogP contribution in [0.4, 0.5) is 0 Å². The van der Waals surface area contributed by atoms with E-state index in [-0.39, 0.29) is 0 Å². The third-order valence-electron chi connectivity index (χ3n) is 4.38. The van der Waals surface area contributed by atoms with Gasteiger partial charge in [-0.3, -0.25) is 4.90 Å². The van der Waals surface area contributed by atoms with Crippen LogP contribution >= 0.6 is 0 Å². The monoisotopic (exact) mass is 326 g/mol. The molecule has 0 aromatic carbocycles. The molecule has 138 valence electrons. The summed E-state index contributed by atoms with van der Waals surface area (Å²) in [7, 11) is 0. The van der Waals surface area contributed by atoms with Crippen LogP contribution in [0.3, 0.4) is 0 Å². The van der Waals surface area contributed by atoms with Gasteiger partial charge in [0.2, 0.25) is 0 Å². The summed E-state index contributed by atoms with van der Waals surface area (Å²) in [5.74, 6) is 0.959. The van der Waals surface area contributed by atoms with E-state index in [1.807, 2.05) is 0 Å². The summed E-state index contributed by atoms with van der Waals surface area (Å²) >= 11 is 0. The molecule has 2 rings (SSSR count). The van der Waals surface area contributed by atoms with Gasteiger partial charge in [-0.1, -0.05) is 48.5 Å². The fraction of sp³-hybridized carbons (Fsp3) is 1.00. The first-order chi connectivity index (χ1) is 10.6. The van der Waals surface area contributed by atoms with E-state index in [0.717, 1.165) is 32.2 Å². The Morgan fingerprint density at radius 2 is 1.13 bits per heavy atom. The van der Waals surface area contributed by atoms with Gasteiger partial charge in [0.25, 0.3) is 0 Å². The first kappa shape index (κ1) is 20.9. The largest absolute Gasteiger partial charge is 0.379 e. The van der Waals surface area contributed by atoms with Gasteiger partial charge in [-0.25, -0.2) is 0 Å². The lowest BCUT2D eigenvalue weighted by Crippen LogP contribution is -2.41. The highest BCUT2D eigenvalue weighted by Crippen LogP contribution is 2.21. The Morgan fingerprint density at radius 1 is 0.739 bits per heavy atom. The molecular weight excluding hydrogens is 284 g/mol. The highest BCUT2D eigenvalue weighted by Gasteiger charge is 2.20. The van der Waals surface area contributed by atoms with Crippen molar-refractivity contribution in [3.8, 4) is 0 Å². The summed E-state index contributed by atoms with van der Waals surface area (Å²) in [6.07, 6.45) is 2.80. The summed E-state index contributed by atoms with van der Waals surface area (Å²) in [5.41, 5.74) is 0.901. The van der Waals surface area contributed by atoms with Crippen molar-refractivity contribution in [2.24, 2.45) is 16.7 Å². The highest BCUT2D eigenvalue weighted by molar-refractivity contribution is 4.74. The maximum Gasteiger partial charge on any atom is 0.0594 e. The Balaban J connectivity index is 0.000000231. The van der Waals surface area contributed by atoms with Crippen molar-refractivity contribution in [3.63, 3.8) is 0 Å². The van der Waals surface area contributed by atoms with E-state index < -0.39 is 0 Å². The molecule has 2 saturated heterocycles. The van der Waals surface area contributed by atoms with E-state index in [1.54, 1.807) is 0 Å². The second kappa shape index (κ2) is 9.39. The minimum atomic E-state index is 0.428. The van der Waals surface area contributed by atoms with Gasteiger partial charge in [-0.05, 0) is 42.7 Å². The molecule has 0 atom stereocenters. The van der Waals surface area contributed by atoms with Gasteiger partial charge in [0, 0.05) is 26.2 Å². The van der Waals surface area contributed by atoms with Gasteiger partial charge in [-0.15, -0.1) is 0 Å². The number of likely N-dealkylation sites (tertiary alicyclic amines) is 1. The lowest BCUT2D eigenvalue weighted by atomic mass is 9.93. The molecular formula is C20H42N2O. The maximum absolute atomic E-state index is 5.27. The van der Waals surface area contributed by atoms with E-state index in [9.17, 15) is 0 Å². The second-order valence-corrected chi connectivity index (χ2v) is 9.97. The second-order valence-electron chi connectivity index (χ2n) is 9.97. The molecule has 0 amide bonds. The molecule has 3 nitrogen and oxygen atoms in total. The molecule has 0 spiro atoms. The number of piperidine rings is 1. The van der Waals surface area contributed by atoms with Gasteiger partial charge in [-0.2, -0.15) is 0 Å². The Kier molecular flexibility index (Phi) is 8.54. The quantitative estimate of drug-likeness (QED) is 0.759.